The van der Waals surface area contributed by atoms with Crippen LogP contribution in [-0.4, -0.2) is 6.55 Å². The monoisotopic (exact) mass is 236 g/mol. The Hall–Kier alpha value is -0.680. The Bertz CT molecular complexity index is 230. The highest BCUT2D eigenvalue weighted by molar-refractivity contribution is 9.08. The summed E-state index contributed by atoms with van der Waals surface area (Å²) in [5, 5.41) is 0.708. The predicted molar refractivity (Wildman–Crippen MR) is 47.0 cm³/mol. The average Bonchev–Trinajstić information content (AvgIpc) is 2.07. The molecule has 0 amide bonds. The molecule has 66 valence electrons. The van der Waals surface area contributed by atoms with Crippen molar-refractivity contribution in [3.8, 4) is 0 Å². The zero-order valence-electron chi connectivity index (χ0n) is 6.05. The van der Waals surface area contributed by atoms with Crippen molar-refractivity contribution in [1.29, 1.82) is 0 Å². The SMILES string of the molecule is FC(F)N(NBr)c1ccccc1. The molecule has 0 aliphatic heterocycles. The molecule has 0 heterocycles. The summed E-state index contributed by atoms with van der Waals surface area (Å²) in [4.78, 5) is 0. The third-order valence-corrected chi connectivity index (χ3v) is 1.70. The Balaban J connectivity index is 2.80. The molecule has 0 unspecified atom stereocenters. The number of hydrogen-bond donors (Lipinski definition) is 1. The van der Waals surface area contributed by atoms with Gasteiger partial charge in [0.1, 0.15) is 0 Å². The van der Waals surface area contributed by atoms with Crippen molar-refractivity contribution < 1.29 is 8.78 Å². The Morgan fingerprint density at radius 1 is 1.25 bits per heavy atom. The van der Waals surface area contributed by atoms with Crippen molar-refractivity contribution in [2.45, 2.75) is 6.55 Å². The van der Waals surface area contributed by atoms with E-state index < -0.39 is 6.55 Å². The smallest absolute Gasteiger partial charge is 0.239 e. The van der Waals surface area contributed by atoms with Gasteiger partial charge < -0.3 is 0 Å². The molecule has 0 aromatic heterocycles. The lowest BCUT2D eigenvalue weighted by Crippen LogP contribution is -2.35. The highest BCUT2D eigenvalue weighted by Crippen LogP contribution is 2.15. The Morgan fingerprint density at radius 3 is 2.25 bits per heavy atom. The fraction of sp³-hybridized carbons (Fsp3) is 0.143. The summed E-state index contributed by atoms with van der Waals surface area (Å²) in [5.74, 6) is 0. The first-order valence-corrected chi connectivity index (χ1v) is 4.03. The Kier molecular flexibility index (Phi) is 3.43. The van der Waals surface area contributed by atoms with Gasteiger partial charge in [0.05, 0.1) is 5.69 Å². The van der Waals surface area contributed by atoms with Crippen molar-refractivity contribution >= 4 is 21.8 Å². The van der Waals surface area contributed by atoms with E-state index in [4.69, 9.17) is 0 Å². The maximum Gasteiger partial charge on any atom is 0.328 e. The van der Waals surface area contributed by atoms with Gasteiger partial charge in [0.25, 0.3) is 0 Å². The zero-order chi connectivity index (χ0) is 8.97. The molecule has 1 N–H and O–H groups in total. The summed E-state index contributed by atoms with van der Waals surface area (Å²) >= 11 is 2.75. The second-order valence-corrected chi connectivity index (χ2v) is 2.42. The fourth-order valence-electron chi connectivity index (χ4n) is 0.787. The van der Waals surface area contributed by atoms with E-state index in [9.17, 15) is 8.78 Å². The highest BCUT2D eigenvalue weighted by Gasteiger charge is 2.14. The molecule has 0 atom stereocenters. The number of benzene rings is 1. The minimum Gasteiger partial charge on any atom is -0.239 e. The van der Waals surface area contributed by atoms with Gasteiger partial charge >= 0.3 is 6.55 Å². The molecule has 0 aliphatic carbocycles. The number of rotatable bonds is 3. The van der Waals surface area contributed by atoms with E-state index in [1.165, 1.54) is 0 Å². The second-order valence-electron chi connectivity index (χ2n) is 2.07. The molecule has 2 nitrogen and oxygen atoms in total. The second kappa shape index (κ2) is 4.37. The molecule has 0 fully saturated rings. The number of para-hydroxylation sites is 1. The number of alkyl halides is 2. The van der Waals surface area contributed by atoms with Crippen LogP contribution in [0.25, 0.3) is 0 Å². The van der Waals surface area contributed by atoms with Crippen LogP contribution in [0, 0.1) is 0 Å². The van der Waals surface area contributed by atoms with E-state index in [1.54, 1.807) is 30.3 Å². The van der Waals surface area contributed by atoms with Crippen molar-refractivity contribution in [2.75, 3.05) is 5.01 Å². The zero-order valence-corrected chi connectivity index (χ0v) is 7.63. The van der Waals surface area contributed by atoms with E-state index in [1.807, 2.05) is 0 Å². The van der Waals surface area contributed by atoms with Gasteiger partial charge in [-0.05, 0) is 12.1 Å². The molecular weight excluding hydrogens is 230 g/mol. The van der Waals surface area contributed by atoms with Gasteiger partial charge in [-0.15, -0.1) is 0 Å². The van der Waals surface area contributed by atoms with Gasteiger partial charge in [-0.25, -0.2) is 5.01 Å². The summed E-state index contributed by atoms with van der Waals surface area (Å²) in [6.07, 6.45) is 0. The van der Waals surface area contributed by atoms with Crippen molar-refractivity contribution in [1.82, 2.24) is 4.45 Å². The van der Waals surface area contributed by atoms with Crippen LogP contribution in [0.4, 0.5) is 14.5 Å². The topological polar surface area (TPSA) is 15.3 Å². The molecule has 0 radical (unpaired) electrons. The van der Waals surface area contributed by atoms with Crippen LogP contribution in [-0.2, 0) is 0 Å². The van der Waals surface area contributed by atoms with E-state index in [-0.39, 0.29) is 0 Å². The van der Waals surface area contributed by atoms with Gasteiger partial charge in [0.2, 0.25) is 0 Å². The Morgan fingerprint density at radius 2 is 1.83 bits per heavy atom. The van der Waals surface area contributed by atoms with Crippen molar-refractivity contribution in [3.05, 3.63) is 30.3 Å². The largest absolute Gasteiger partial charge is 0.328 e. The number of hydrogen-bond acceptors (Lipinski definition) is 2. The van der Waals surface area contributed by atoms with Crippen LogP contribution in [0.3, 0.4) is 0 Å². The minimum absolute atomic E-state index is 0.407. The lowest BCUT2D eigenvalue weighted by Gasteiger charge is -2.20. The van der Waals surface area contributed by atoms with Crippen LogP contribution in [0.5, 0.6) is 0 Å². The number of nitrogens with zero attached hydrogens (tertiary/aromatic N) is 1. The van der Waals surface area contributed by atoms with E-state index in [2.05, 4.69) is 20.6 Å². The maximum atomic E-state index is 12.2. The van der Waals surface area contributed by atoms with Crippen LogP contribution >= 0.6 is 16.1 Å². The van der Waals surface area contributed by atoms with Gasteiger partial charge in [-0.1, -0.05) is 18.2 Å². The standard InChI is InChI=1S/C7H7BrF2N2/c8-11-12(7(9)10)6-4-2-1-3-5-6/h1-5,7,11H. The van der Waals surface area contributed by atoms with Crippen LogP contribution in [0.1, 0.15) is 0 Å². The molecule has 0 bridgehead atoms. The van der Waals surface area contributed by atoms with Gasteiger partial charge in [0.15, 0.2) is 0 Å². The maximum absolute atomic E-state index is 12.2. The van der Waals surface area contributed by atoms with Crippen LogP contribution in [0.2, 0.25) is 0 Å². The molecular formula is C7H7BrF2N2. The molecule has 0 saturated carbocycles. The number of hydrazine groups is 1. The van der Waals surface area contributed by atoms with E-state index >= 15 is 0 Å². The Labute approximate surface area is 77.5 Å². The molecule has 0 aliphatic rings. The number of anilines is 1. The molecule has 1 aromatic carbocycles. The highest BCUT2D eigenvalue weighted by atomic mass is 79.9. The quantitative estimate of drug-likeness (QED) is 0.493. The molecule has 5 heteroatoms. The summed E-state index contributed by atoms with van der Waals surface area (Å²) in [6.45, 7) is -2.58. The lowest BCUT2D eigenvalue weighted by atomic mass is 10.3. The molecule has 0 saturated heterocycles. The van der Waals surface area contributed by atoms with Gasteiger partial charge in [0, 0.05) is 16.1 Å². The first-order valence-electron chi connectivity index (χ1n) is 3.24. The van der Waals surface area contributed by atoms with E-state index in [0.29, 0.717) is 10.7 Å². The fourth-order valence-corrected chi connectivity index (χ4v) is 1.15. The lowest BCUT2D eigenvalue weighted by molar-refractivity contribution is 0.138. The predicted octanol–water partition coefficient (Wildman–Crippen LogP) is 2.53. The van der Waals surface area contributed by atoms with Gasteiger partial charge in [-0.3, -0.25) is 0 Å². The summed E-state index contributed by atoms with van der Waals surface area (Å²) < 4.78 is 26.7. The summed E-state index contributed by atoms with van der Waals surface area (Å²) in [7, 11) is 0. The van der Waals surface area contributed by atoms with Crippen molar-refractivity contribution in [3.63, 3.8) is 0 Å². The van der Waals surface area contributed by atoms with E-state index in [0.717, 1.165) is 0 Å². The summed E-state index contributed by atoms with van der Waals surface area (Å²) in [6, 6.07) is 8.31. The third kappa shape index (κ3) is 2.15. The summed E-state index contributed by atoms with van der Waals surface area (Å²) in [5.41, 5.74) is 0.407. The third-order valence-electron chi connectivity index (χ3n) is 1.32. The van der Waals surface area contributed by atoms with Crippen LogP contribution in [0.15, 0.2) is 30.3 Å². The average molecular weight is 237 g/mol. The molecule has 12 heavy (non-hydrogen) atoms. The van der Waals surface area contributed by atoms with Gasteiger partial charge in [-0.2, -0.15) is 13.2 Å². The molecule has 1 aromatic rings. The first-order chi connectivity index (χ1) is 5.75. The molecule has 0 spiro atoms. The van der Waals surface area contributed by atoms with Crippen LogP contribution < -0.4 is 9.46 Å². The number of nitrogens with one attached hydrogen (secondary N) is 1. The van der Waals surface area contributed by atoms with Crippen molar-refractivity contribution in [2.24, 2.45) is 0 Å². The minimum atomic E-state index is -2.58. The first kappa shape index (κ1) is 9.41. The molecule has 1 rings (SSSR count). The normalized spacial score (nSPS) is 10.3. The number of halogens is 3.